The lowest BCUT2D eigenvalue weighted by atomic mass is 9.64. The van der Waals surface area contributed by atoms with Gasteiger partial charge >= 0.3 is 13.3 Å². The first kappa shape index (κ1) is 19.2. The average Bonchev–Trinajstić information content (AvgIpc) is 3.17. The van der Waals surface area contributed by atoms with E-state index in [1.807, 2.05) is 0 Å². The summed E-state index contributed by atoms with van der Waals surface area (Å²) >= 11 is 0. The number of hydrogen-bond donors (Lipinski definition) is 0. The van der Waals surface area contributed by atoms with Crippen LogP contribution in [0.1, 0.15) is 33.3 Å². The van der Waals surface area contributed by atoms with Crippen molar-refractivity contribution in [1.29, 1.82) is 0 Å². The highest BCUT2D eigenvalue weighted by molar-refractivity contribution is 6.52. The van der Waals surface area contributed by atoms with Gasteiger partial charge < -0.3 is 14.0 Å². The van der Waals surface area contributed by atoms with E-state index in [0.29, 0.717) is 5.56 Å². The van der Waals surface area contributed by atoms with E-state index in [0.717, 1.165) is 12.2 Å². The number of rotatable bonds is 4. The van der Waals surface area contributed by atoms with Crippen LogP contribution >= 0.6 is 0 Å². The average molecular weight is 366 g/mol. The van der Waals surface area contributed by atoms with Crippen LogP contribution in [-0.4, -0.2) is 35.6 Å². The predicted molar refractivity (Wildman–Crippen MR) is 94.4 cm³/mol. The Morgan fingerprint density at radius 3 is 2.00 bits per heavy atom. The van der Waals surface area contributed by atoms with E-state index in [1.54, 1.807) is 58.0 Å². The fourth-order valence-corrected chi connectivity index (χ4v) is 3.09. The van der Waals surface area contributed by atoms with Gasteiger partial charge in [0.2, 0.25) is 5.60 Å². The standard InChI is InChI=1S/C19H22BF3O3/c1-6-18(20-25-15(2,3)16(4,5)26-20)17(24-18,19(21,22)23)13-12-14-10-8-7-9-11-14/h6-13H,1H2,2-5H3/b13-12+/t17-,18+/m1/s1. The van der Waals surface area contributed by atoms with Gasteiger partial charge in [0.15, 0.2) is 5.50 Å². The van der Waals surface area contributed by atoms with Gasteiger partial charge in [-0.25, -0.2) is 0 Å². The third kappa shape index (κ3) is 2.64. The minimum absolute atomic E-state index is 0.638. The molecular weight excluding hydrogens is 344 g/mol. The Balaban J connectivity index is 1.98. The summed E-state index contributed by atoms with van der Waals surface area (Å²) in [5.74, 6) is 0. The summed E-state index contributed by atoms with van der Waals surface area (Å²) in [5, 5.41) is 0. The molecule has 7 heteroatoms. The number of alkyl halides is 3. The first-order valence-electron chi connectivity index (χ1n) is 8.41. The monoisotopic (exact) mass is 366 g/mol. The van der Waals surface area contributed by atoms with Gasteiger partial charge in [0, 0.05) is 0 Å². The van der Waals surface area contributed by atoms with Crippen LogP contribution in [0, 0.1) is 0 Å². The maximum absolute atomic E-state index is 14.0. The third-order valence-electron chi connectivity index (χ3n) is 5.51. The van der Waals surface area contributed by atoms with Crippen LogP contribution in [0.4, 0.5) is 13.2 Å². The van der Waals surface area contributed by atoms with Gasteiger partial charge in [-0.05, 0) is 39.3 Å². The number of hydrogen-bond acceptors (Lipinski definition) is 3. The Kier molecular flexibility index (Phi) is 4.22. The SMILES string of the molecule is C=C[C@]1(B2OC(C)(C)C(C)(C)O2)O[C@@]1(/C=C/c1ccccc1)C(F)(F)F. The number of benzene rings is 1. The van der Waals surface area contributed by atoms with Gasteiger partial charge in [-0.15, -0.1) is 6.58 Å². The summed E-state index contributed by atoms with van der Waals surface area (Å²) in [5.41, 5.74) is -5.29. The lowest BCUT2D eigenvalue weighted by molar-refractivity contribution is -0.169. The Bertz CT molecular complexity index is 713. The Labute approximate surface area is 152 Å². The zero-order valence-corrected chi connectivity index (χ0v) is 15.3. The Morgan fingerprint density at radius 1 is 1.00 bits per heavy atom. The summed E-state index contributed by atoms with van der Waals surface area (Å²) in [6, 6.07) is 8.73. The smallest absolute Gasteiger partial charge is 0.401 e. The molecule has 0 aromatic heterocycles. The molecule has 2 aliphatic heterocycles. The van der Waals surface area contributed by atoms with Crippen molar-refractivity contribution in [3.05, 3.63) is 54.6 Å². The fraction of sp³-hybridized carbons (Fsp3) is 0.474. The summed E-state index contributed by atoms with van der Waals surface area (Å²) in [6.07, 6.45) is -1.10. The van der Waals surface area contributed by atoms with Crippen LogP contribution < -0.4 is 0 Å². The minimum Gasteiger partial charge on any atom is -0.401 e. The van der Waals surface area contributed by atoms with E-state index in [2.05, 4.69) is 6.58 Å². The molecule has 1 aromatic rings. The zero-order chi connectivity index (χ0) is 19.4. The second-order valence-electron chi connectivity index (χ2n) is 7.66. The van der Waals surface area contributed by atoms with Gasteiger partial charge in [-0.1, -0.05) is 42.5 Å². The van der Waals surface area contributed by atoms with Crippen LogP contribution in [0.15, 0.2) is 49.1 Å². The molecule has 0 spiro atoms. The predicted octanol–water partition coefficient (Wildman–Crippen LogP) is 4.59. The van der Waals surface area contributed by atoms with E-state index in [1.165, 1.54) is 6.08 Å². The molecule has 2 fully saturated rings. The van der Waals surface area contributed by atoms with Gasteiger partial charge in [0.05, 0.1) is 11.2 Å². The molecule has 0 bridgehead atoms. The van der Waals surface area contributed by atoms with Crippen molar-refractivity contribution in [2.24, 2.45) is 0 Å². The molecule has 0 saturated carbocycles. The minimum atomic E-state index is -4.66. The van der Waals surface area contributed by atoms with Crippen molar-refractivity contribution < 1.29 is 27.2 Å². The van der Waals surface area contributed by atoms with Gasteiger partial charge in [0.1, 0.15) is 0 Å². The first-order chi connectivity index (χ1) is 11.9. The molecule has 0 N–H and O–H groups in total. The van der Waals surface area contributed by atoms with Gasteiger partial charge in [-0.2, -0.15) is 13.2 Å². The molecule has 3 rings (SSSR count). The molecule has 1 aromatic carbocycles. The molecule has 2 aliphatic rings. The van der Waals surface area contributed by atoms with Gasteiger partial charge in [0.25, 0.3) is 0 Å². The first-order valence-corrected chi connectivity index (χ1v) is 8.41. The second-order valence-corrected chi connectivity index (χ2v) is 7.66. The molecule has 3 nitrogen and oxygen atoms in total. The second kappa shape index (κ2) is 5.71. The molecule has 2 heterocycles. The van der Waals surface area contributed by atoms with Crippen LogP contribution in [-0.2, 0) is 14.0 Å². The summed E-state index contributed by atoms with van der Waals surface area (Å²) < 4.78 is 58.9. The van der Waals surface area contributed by atoms with E-state index in [9.17, 15) is 13.2 Å². The topological polar surface area (TPSA) is 31.0 Å². The largest absolute Gasteiger partial charge is 0.500 e. The van der Waals surface area contributed by atoms with Crippen LogP contribution in [0.2, 0.25) is 0 Å². The van der Waals surface area contributed by atoms with Crippen molar-refractivity contribution >= 4 is 13.2 Å². The van der Waals surface area contributed by atoms with Gasteiger partial charge in [-0.3, -0.25) is 0 Å². The highest BCUT2D eigenvalue weighted by Gasteiger charge is 2.87. The molecule has 26 heavy (non-hydrogen) atoms. The summed E-state index contributed by atoms with van der Waals surface area (Å²) in [6.45, 7) is 10.7. The normalized spacial score (nSPS) is 32.8. The van der Waals surface area contributed by atoms with Crippen molar-refractivity contribution in [2.75, 3.05) is 0 Å². The van der Waals surface area contributed by atoms with Crippen LogP contribution in [0.5, 0.6) is 0 Å². The lowest BCUT2D eigenvalue weighted by Crippen LogP contribution is -2.48. The number of epoxide rings is 1. The van der Waals surface area contributed by atoms with E-state index < -0.39 is 35.6 Å². The molecule has 0 aliphatic carbocycles. The summed E-state index contributed by atoms with van der Waals surface area (Å²) in [4.78, 5) is 0. The number of halogens is 3. The summed E-state index contributed by atoms with van der Waals surface area (Å²) in [7, 11) is -1.22. The molecule has 140 valence electrons. The zero-order valence-electron chi connectivity index (χ0n) is 15.3. The highest BCUT2D eigenvalue weighted by atomic mass is 19.4. The van der Waals surface area contributed by atoms with E-state index in [4.69, 9.17) is 14.0 Å². The quantitative estimate of drug-likeness (QED) is 0.444. The molecule has 0 amide bonds. The maximum Gasteiger partial charge on any atom is 0.500 e. The maximum atomic E-state index is 14.0. The fourth-order valence-electron chi connectivity index (χ4n) is 3.09. The Hall–Kier alpha value is -1.57. The highest BCUT2D eigenvalue weighted by Crippen LogP contribution is 2.62. The molecular formula is C19H22BF3O3. The molecule has 0 unspecified atom stereocenters. The van der Waals surface area contributed by atoms with Crippen LogP contribution in [0.25, 0.3) is 6.08 Å². The molecule has 2 atom stereocenters. The lowest BCUT2D eigenvalue weighted by Gasteiger charge is -2.32. The van der Waals surface area contributed by atoms with Crippen molar-refractivity contribution in [3.63, 3.8) is 0 Å². The Morgan fingerprint density at radius 2 is 1.54 bits per heavy atom. The molecule has 2 saturated heterocycles. The van der Waals surface area contributed by atoms with E-state index >= 15 is 0 Å². The van der Waals surface area contributed by atoms with E-state index in [-0.39, 0.29) is 0 Å². The molecule has 0 radical (unpaired) electrons. The van der Waals surface area contributed by atoms with Crippen molar-refractivity contribution in [1.82, 2.24) is 0 Å². The third-order valence-corrected chi connectivity index (χ3v) is 5.51. The van der Waals surface area contributed by atoms with Crippen molar-refractivity contribution in [2.45, 2.75) is 56.2 Å². The van der Waals surface area contributed by atoms with Crippen LogP contribution in [0.3, 0.4) is 0 Å². The number of ether oxygens (including phenoxy) is 1. The van der Waals surface area contributed by atoms with Crippen molar-refractivity contribution in [3.8, 4) is 0 Å².